The summed E-state index contributed by atoms with van der Waals surface area (Å²) >= 11 is 0. The number of nitrogens with one attached hydrogen (secondary N) is 1. The zero-order valence-corrected chi connectivity index (χ0v) is 12.2. The van der Waals surface area contributed by atoms with E-state index < -0.39 is 0 Å². The van der Waals surface area contributed by atoms with Gasteiger partial charge in [0.1, 0.15) is 18.2 Å². The van der Waals surface area contributed by atoms with Gasteiger partial charge in [-0.1, -0.05) is 13.8 Å². The Hall–Kier alpha value is -1.59. The first kappa shape index (κ1) is 13.4. The third-order valence-electron chi connectivity index (χ3n) is 3.64. The molecule has 20 heavy (non-hydrogen) atoms. The third kappa shape index (κ3) is 2.39. The van der Waals surface area contributed by atoms with E-state index in [0.717, 1.165) is 35.8 Å². The summed E-state index contributed by atoms with van der Waals surface area (Å²) in [5, 5.41) is 3.48. The smallest absolute Gasteiger partial charge is 0.136 e. The maximum absolute atomic E-state index is 5.67. The minimum Gasteiger partial charge on any atom is -0.497 e. The van der Waals surface area contributed by atoms with Crippen LogP contribution < -0.4 is 10.1 Å². The van der Waals surface area contributed by atoms with Gasteiger partial charge in [0.25, 0.3) is 0 Å². The molecule has 1 atom stereocenters. The first-order valence-corrected chi connectivity index (χ1v) is 7.05. The number of benzene rings is 1. The molecule has 5 heteroatoms. The lowest BCUT2D eigenvalue weighted by Gasteiger charge is -2.27. The van der Waals surface area contributed by atoms with Crippen molar-refractivity contribution in [3.8, 4) is 5.75 Å². The molecule has 1 unspecified atom stereocenters. The lowest BCUT2D eigenvalue weighted by Crippen LogP contribution is -2.35. The molecule has 1 aliphatic rings. The number of hydrogen-bond acceptors (Lipinski definition) is 4. The second-order valence-electron chi connectivity index (χ2n) is 5.48. The van der Waals surface area contributed by atoms with Crippen LogP contribution in [0.15, 0.2) is 18.2 Å². The Labute approximate surface area is 118 Å². The van der Waals surface area contributed by atoms with Crippen molar-refractivity contribution >= 4 is 11.0 Å². The Morgan fingerprint density at radius 2 is 2.35 bits per heavy atom. The highest BCUT2D eigenvalue weighted by atomic mass is 16.5. The molecule has 0 saturated carbocycles. The van der Waals surface area contributed by atoms with E-state index in [9.17, 15) is 0 Å². The standard InChI is InChI=1S/C15H21N3O2/c1-10(2)16-7-11-8-20-9-15-17-13-5-4-12(19-3)6-14(13)18(11)15/h4-6,10-11,16H,7-9H2,1-3H3. The molecule has 5 nitrogen and oxygen atoms in total. The van der Waals surface area contributed by atoms with Crippen LogP contribution in [0.5, 0.6) is 5.75 Å². The fourth-order valence-electron chi connectivity index (χ4n) is 2.64. The normalized spacial score (nSPS) is 18.5. The number of nitrogens with zero attached hydrogens (tertiary/aromatic N) is 2. The molecule has 1 aromatic carbocycles. The Morgan fingerprint density at radius 3 is 3.10 bits per heavy atom. The topological polar surface area (TPSA) is 48.3 Å². The van der Waals surface area contributed by atoms with Gasteiger partial charge >= 0.3 is 0 Å². The second-order valence-corrected chi connectivity index (χ2v) is 5.48. The van der Waals surface area contributed by atoms with E-state index in [1.807, 2.05) is 12.1 Å². The Kier molecular flexibility index (Phi) is 3.63. The summed E-state index contributed by atoms with van der Waals surface area (Å²) in [7, 11) is 1.69. The molecular formula is C15H21N3O2. The maximum atomic E-state index is 5.67. The van der Waals surface area contributed by atoms with Crippen LogP contribution in [0, 0.1) is 0 Å². The molecule has 0 saturated heterocycles. The number of fused-ring (bicyclic) bond motifs is 3. The van der Waals surface area contributed by atoms with Gasteiger partial charge in [-0.2, -0.15) is 0 Å². The highest BCUT2D eigenvalue weighted by Gasteiger charge is 2.24. The molecule has 0 amide bonds. The van der Waals surface area contributed by atoms with Crippen molar-refractivity contribution in [3.05, 3.63) is 24.0 Å². The van der Waals surface area contributed by atoms with Gasteiger partial charge < -0.3 is 19.4 Å². The number of hydrogen-bond donors (Lipinski definition) is 1. The summed E-state index contributed by atoms with van der Waals surface area (Å²) in [5.41, 5.74) is 2.12. The van der Waals surface area contributed by atoms with Crippen molar-refractivity contribution < 1.29 is 9.47 Å². The second kappa shape index (κ2) is 5.42. The van der Waals surface area contributed by atoms with E-state index in [1.54, 1.807) is 7.11 Å². The molecule has 1 N–H and O–H groups in total. The molecule has 0 aliphatic carbocycles. The van der Waals surface area contributed by atoms with Crippen molar-refractivity contribution in [1.82, 2.24) is 14.9 Å². The van der Waals surface area contributed by atoms with Crippen LogP contribution in [-0.2, 0) is 11.3 Å². The van der Waals surface area contributed by atoms with E-state index >= 15 is 0 Å². The minimum atomic E-state index is 0.276. The van der Waals surface area contributed by atoms with Crippen molar-refractivity contribution in [2.45, 2.75) is 32.5 Å². The average molecular weight is 275 g/mol. The fourth-order valence-corrected chi connectivity index (χ4v) is 2.64. The zero-order valence-electron chi connectivity index (χ0n) is 12.2. The summed E-state index contributed by atoms with van der Waals surface area (Å²) in [6.07, 6.45) is 0. The van der Waals surface area contributed by atoms with E-state index in [1.165, 1.54) is 0 Å². The van der Waals surface area contributed by atoms with Crippen LogP contribution >= 0.6 is 0 Å². The number of aromatic nitrogens is 2. The van der Waals surface area contributed by atoms with Gasteiger partial charge in [-0.25, -0.2) is 4.98 Å². The predicted octanol–water partition coefficient (Wildman–Crippen LogP) is 2.11. The van der Waals surface area contributed by atoms with Gasteiger partial charge in [-0.15, -0.1) is 0 Å². The van der Waals surface area contributed by atoms with Gasteiger partial charge in [-0.3, -0.25) is 0 Å². The van der Waals surface area contributed by atoms with E-state index in [4.69, 9.17) is 9.47 Å². The monoisotopic (exact) mass is 275 g/mol. The first-order chi connectivity index (χ1) is 9.69. The summed E-state index contributed by atoms with van der Waals surface area (Å²) in [6, 6.07) is 6.75. The Morgan fingerprint density at radius 1 is 1.50 bits per heavy atom. The van der Waals surface area contributed by atoms with Crippen molar-refractivity contribution in [2.75, 3.05) is 20.3 Å². The molecular weight excluding hydrogens is 254 g/mol. The van der Waals surface area contributed by atoms with E-state index in [-0.39, 0.29) is 6.04 Å². The van der Waals surface area contributed by atoms with Crippen LogP contribution in [0.3, 0.4) is 0 Å². The summed E-state index contributed by atoms with van der Waals surface area (Å²) in [4.78, 5) is 4.66. The van der Waals surface area contributed by atoms with Crippen LogP contribution in [0.25, 0.3) is 11.0 Å². The lowest BCUT2D eigenvalue weighted by molar-refractivity contribution is 0.0559. The molecule has 0 bridgehead atoms. The van der Waals surface area contributed by atoms with Crippen molar-refractivity contribution in [2.24, 2.45) is 0 Å². The summed E-state index contributed by atoms with van der Waals surface area (Å²) in [5.74, 6) is 1.86. The van der Waals surface area contributed by atoms with Gasteiger partial charge in [-0.05, 0) is 12.1 Å². The largest absolute Gasteiger partial charge is 0.497 e. The molecule has 0 fully saturated rings. The highest BCUT2D eigenvalue weighted by molar-refractivity contribution is 5.78. The number of imidazole rings is 1. The van der Waals surface area contributed by atoms with Crippen LogP contribution in [0.2, 0.25) is 0 Å². The minimum absolute atomic E-state index is 0.276. The maximum Gasteiger partial charge on any atom is 0.136 e. The number of methoxy groups -OCH3 is 1. The third-order valence-corrected chi connectivity index (χ3v) is 3.64. The molecule has 0 radical (unpaired) electrons. The molecule has 3 rings (SSSR count). The highest BCUT2D eigenvalue weighted by Crippen LogP contribution is 2.28. The lowest BCUT2D eigenvalue weighted by atomic mass is 10.2. The van der Waals surface area contributed by atoms with Gasteiger partial charge in [0.15, 0.2) is 0 Å². The SMILES string of the molecule is COc1ccc2nc3n(c2c1)C(CNC(C)C)COC3. The molecule has 108 valence electrons. The van der Waals surface area contributed by atoms with Gasteiger partial charge in [0.2, 0.25) is 0 Å². The van der Waals surface area contributed by atoms with Crippen molar-refractivity contribution in [1.29, 1.82) is 0 Å². The zero-order chi connectivity index (χ0) is 14.1. The van der Waals surface area contributed by atoms with Crippen LogP contribution in [0.1, 0.15) is 25.7 Å². The molecule has 2 heterocycles. The molecule has 0 spiro atoms. The number of ether oxygens (including phenoxy) is 2. The van der Waals surface area contributed by atoms with E-state index in [2.05, 4.69) is 34.8 Å². The summed E-state index contributed by atoms with van der Waals surface area (Å²) < 4.78 is 13.3. The van der Waals surface area contributed by atoms with Crippen molar-refractivity contribution in [3.63, 3.8) is 0 Å². The first-order valence-electron chi connectivity index (χ1n) is 7.05. The fraction of sp³-hybridized carbons (Fsp3) is 0.533. The molecule has 2 aromatic rings. The van der Waals surface area contributed by atoms with E-state index in [0.29, 0.717) is 12.6 Å². The summed E-state index contributed by atoms with van der Waals surface area (Å²) in [6.45, 7) is 6.48. The number of rotatable bonds is 4. The van der Waals surface area contributed by atoms with Crippen LogP contribution in [-0.4, -0.2) is 35.9 Å². The van der Waals surface area contributed by atoms with Gasteiger partial charge in [0, 0.05) is 18.7 Å². The van der Waals surface area contributed by atoms with Gasteiger partial charge in [0.05, 0.1) is 30.8 Å². The molecule has 1 aliphatic heterocycles. The Balaban J connectivity index is 2.01. The molecule has 1 aromatic heterocycles. The average Bonchev–Trinajstić information content (AvgIpc) is 2.82. The predicted molar refractivity (Wildman–Crippen MR) is 78.1 cm³/mol. The van der Waals surface area contributed by atoms with Crippen LogP contribution in [0.4, 0.5) is 0 Å². The quantitative estimate of drug-likeness (QED) is 0.928. The Bertz CT molecular complexity index is 606.